The van der Waals surface area contributed by atoms with Crippen LogP contribution in [0, 0.1) is 5.82 Å². The Kier molecular flexibility index (Phi) is 10.9. The molecule has 0 saturated carbocycles. The van der Waals surface area contributed by atoms with Crippen LogP contribution in [0.5, 0.6) is 0 Å². The first-order valence-corrected chi connectivity index (χ1v) is 10.0. The maximum atomic E-state index is 13.1. The van der Waals surface area contributed by atoms with E-state index in [0.717, 1.165) is 22.3 Å². The van der Waals surface area contributed by atoms with Crippen LogP contribution in [0.4, 0.5) is 4.39 Å². The molecule has 25 heavy (non-hydrogen) atoms. The van der Waals surface area contributed by atoms with Gasteiger partial charge in [-0.15, -0.1) is 0 Å². The maximum absolute atomic E-state index is 13.1. The lowest BCUT2D eigenvalue weighted by Gasteiger charge is -2.07. The van der Waals surface area contributed by atoms with Crippen molar-refractivity contribution in [2.75, 3.05) is 18.1 Å². The number of unbranched alkanes of at least 4 members (excludes halogenated alkanes) is 5. The van der Waals surface area contributed by atoms with Crippen LogP contribution in [0.25, 0.3) is 0 Å². The first-order chi connectivity index (χ1) is 12.0. The summed E-state index contributed by atoms with van der Waals surface area (Å²) >= 11 is 1.82. The molecule has 0 aliphatic heterocycles. The summed E-state index contributed by atoms with van der Waals surface area (Å²) in [6.45, 7) is 2.82. The zero-order valence-corrected chi connectivity index (χ0v) is 15.6. The third kappa shape index (κ3) is 9.48. The van der Waals surface area contributed by atoms with E-state index in [1.165, 1.54) is 38.5 Å². The van der Waals surface area contributed by atoms with E-state index in [2.05, 4.69) is 12.2 Å². The summed E-state index contributed by atoms with van der Waals surface area (Å²) in [5.41, 5.74) is -1.76. The van der Waals surface area contributed by atoms with E-state index in [-0.39, 0.29) is 18.9 Å². The molecule has 6 nitrogen and oxygen atoms in total. The number of aromatic nitrogens is 2. The number of rotatable bonds is 13. The van der Waals surface area contributed by atoms with Crippen LogP contribution in [-0.4, -0.2) is 33.5 Å². The summed E-state index contributed by atoms with van der Waals surface area (Å²) in [5, 5.41) is 2.78. The number of nitrogens with zero attached hydrogens (tertiary/aromatic N) is 1. The van der Waals surface area contributed by atoms with Crippen molar-refractivity contribution in [1.29, 1.82) is 0 Å². The van der Waals surface area contributed by atoms with Gasteiger partial charge in [0.05, 0.1) is 6.20 Å². The van der Waals surface area contributed by atoms with Gasteiger partial charge in [-0.3, -0.25) is 19.1 Å². The molecule has 0 unspecified atom stereocenters. The average Bonchev–Trinajstić information content (AvgIpc) is 2.58. The zero-order chi connectivity index (χ0) is 18.5. The number of aryl methyl sites for hydroxylation is 1. The Labute approximate surface area is 151 Å². The molecule has 0 aliphatic carbocycles. The summed E-state index contributed by atoms with van der Waals surface area (Å²) in [6, 6.07) is 0. The number of nitrogens with one attached hydrogen (secondary N) is 2. The van der Waals surface area contributed by atoms with Gasteiger partial charge in [0.2, 0.25) is 11.7 Å². The fraction of sp³-hybridized carbons (Fsp3) is 0.706. The lowest BCUT2D eigenvalue weighted by atomic mass is 10.1. The Hall–Kier alpha value is -1.57. The second-order valence-corrected chi connectivity index (χ2v) is 7.13. The summed E-state index contributed by atoms with van der Waals surface area (Å²) in [5.74, 6) is 0.729. The van der Waals surface area contributed by atoms with Crippen molar-refractivity contribution in [3.05, 3.63) is 32.9 Å². The lowest BCUT2D eigenvalue weighted by molar-refractivity contribution is -0.121. The minimum Gasteiger partial charge on any atom is -0.355 e. The highest BCUT2D eigenvalue weighted by Crippen LogP contribution is 2.09. The van der Waals surface area contributed by atoms with E-state index in [0.29, 0.717) is 6.54 Å². The van der Waals surface area contributed by atoms with Crippen molar-refractivity contribution in [1.82, 2.24) is 14.9 Å². The predicted molar refractivity (Wildman–Crippen MR) is 99.6 cm³/mol. The van der Waals surface area contributed by atoms with Gasteiger partial charge in [-0.25, -0.2) is 4.79 Å². The van der Waals surface area contributed by atoms with Gasteiger partial charge in [0.1, 0.15) is 0 Å². The van der Waals surface area contributed by atoms with Crippen LogP contribution in [0.1, 0.15) is 51.9 Å². The number of carbonyl (C=O) groups excluding carboxylic acids is 1. The van der Waals surface area contributed by atoms with Crippen molar-refractivity contribution < 1.29 is 9.18 Å². The molecule has 1 aromatic heterocycles. The Morgan fingerprint density at radius 3 is 2.68 bits per heavy atom. The van der Waals surface area contributed by atoms with Gasteiger partial charge < -0.3 is 5.32 Å². The normalized spacial score (nSPS) is 10.8. The van der Waals surface area contributed by atoms with Crippen LogP contribution < -0.4 is 16.6 Å². The predicted octanol–water partition coefficient (Wildman–Crippen LogP) is 2.28. The summed E-state index contributed by atoms with van der Waals surface area (Å²) < 4.78 is 14.1. The lowest BCUT2D eigenvalue weighted by Crippen LogP contribution is -2.33. The van der Waals surface area contributed by atoms with Gasteiger partial charge in [-0.05, 0) is 12.2 Å². The topological polar surface area (TPSA) is 84.0 Å². The monoisotopic (exact) mass is 373 g/mol. The summed E-state index contributed by atoms with van der Waals surface area (Å²) in [6.07, 6.45) is 8.57. The number of hydrogen-bond acceptors (Lipinski definition) is 4. The summed E-state index contributed by atoms with van der Waals surface area (Å²) in [7, 11) is 0. The fourth-order valence-corrected chi connectivity index (χ4v) is 3.17. The zero-order valence-electron chi connectivity index (χ0n) is 14.8. The van der Waals surface area contributed by atoms with Crippen molar-refractivity contribution >= 4 is 17.7 Å². The quantitative estimate of drug-likeness (QED) is 0.520. The number of carbonyl (C=O) groups is 1. The Morgan fingerprint density at radius 1 is 1.20 bits per heavy atom. The van der Waals surface area contributed by atoms with Crippen LogP contribution in [-0.2, 0) is 11.3 Å². The van der Waals surface area contributed by atoms with Gasteiger partial charge in [0.15, 0.2) is 0 Å². The molecule has 142 valence electrons. The highest BCUT2D eigenvalue weighted by atomic mass is 32.2. The molecule has 0 bridgehead atoms. The number of amides is 1. The van der Waals surface area contributed by atoms with Crippen LogP contribution >= 0.6 is 11.8 Å². The number of H-pyrrole nitrogens is 1. The highest BCUT2D eigenvalue weighted by molar-refractivity contribution is 7.99. The van der Waals surface area contributed by atoms with E-state index < -0.39 is 17.1 Å². The average molecular weight is 373 g/mol. The van der Waals surface area contributed by atoms with Crippen molar-refractivity contribution in [3.63, 3.8) is 0 Å². The molecular formula is C17H28FN3O3S. The van der Waals surface area contributed by atoms with E-state index in [1.807, 2.05) is 16.7 Å². The molecule has 8 heteroatoms. The molecule has 0 aromatic carbocycles. The molecule has 0 fully saturated rings. The molecular weight excluding hydrogens is 345 g/mol. The Bertz CT molecular complexity index is 630. The minimum absolute atomic E-state index is 0.0310. The molecule has 1 heterocycles. The fourth-order valence-electron chi connectivity index (χ4n) is 2.31. The maximum Gasteiger partial charge on any atom is 0.328 e. The van der Waals surface area contributed by atoms with Gasteiger partial charge >= 0.3 is 5.69 Å². The molecule has 0 radical (unpaired) electrons. The van der Waals surface area contributed by atoms with Crippen molar-refractivity contribution in [2.24, 2.45) is 0 Å². The molecule has 0 aliphatic rings. The van der Waals surface area contributed by atoms with E-state index in [4.69, 9.17) is 0 Å². The van der Waals surface area contributed by atoms with Crippen molar-refractivity contribution in [3.8, 4) is 0 Å². The van der Waals surface area contributed by atoms with E-state index >= 15 is 0 Å². The molecule has 0 atom stereocenters. The largest absolute Gasteiger partial charge is 0.355 e. The minimum atomic E-state index is -1.05. The summed E-state index contributed by atoms with van der Waals surface area (Å²) in [4.78, 5) is 35.9. The van der Waals surface area contributed by atoms with E-state index in [1.54, 1.807) is 0 Å². The Balaban J connectivity index is 2.07. The first kappa shape index (κ1) is 21.5. The molecule has 1 amide bonds. The molecule has 1 aromatic rings. The SMILES string of the molecule is CCCCCCCCSCCNC(=O)CCn1cc(F)c(=O)[nH]c1=O. The Morgan fingerprint density at radius 2 is 1.92 bits per heavy atom. The van der Waals surface area contributed by atoms with E-state index in [9.17, 15) is 18.8 Å². The first-order valence-electron chi connectivity index (χ1n) is 8.88. The third-order valence-electron chi connectivity index (χ3n) is 3.76. The van der Waals surface area contributed by atoms with Gasteiger partial charge in [-0.1, -0.05) is 39.0 Å². The molecule has 0 spiro atoms. The second kappa shape index (κ2) is 12.7. The third-order valence-corrected chi connectivity index (χ3v) is 4.83. The standard InChI is InChI=1S/C17H28FN3O3S/c1-2-3-4-5-6-7-11-25-12-9-19-15(22)8-10-21-13-14(18)16(23)20-17(21)24/h13H,2-12H2,1H3,(H,19,22)(H,20,23,24). The number of thioether (sulfide) groups is 1. The smallest absolute Gasteiger partial charge is 0.328 e. The number of hydrogen-bond donors (Lipinski definition) is 2. The highest BCUT2D eigenvalue weighted by Gasteiger charge is 2.06. The van der Waals surface area contributed by atoms with Gasteiger partial charge in [-0.2, -0.15) is 16.2 Å². The number of halogens is 1. The van der Waals surface area contributed by atoms with Crippen LogP contribution in [0.2, 0.25) is 0 Å². The van der Waals surface area contributed by atoms with Crippen molar-refractivity contribution in [2.45, 2.75) is 58.4 Å². The number of aromatic amines is 1. The second-order valence-electron chi connectivity index (χ2n) is 5.91. The van der Waals surface area contributed by atoms with Crippen LogP contribution in [0.3, 0.4) is 0 Å². The van der Waals surface area contributed by atoms with Crippen LogP contribution in [0.15, 0.2) is 15.8 Å². The molecule has 1 rings (SSSR count). The molecule has 0 saturated heterocycles. The van der Waals surface area contributed by atoms with Gasteiger partial charge in [0.25, 0.3) is 5.56 Å². The molecule has 2 N–H and O–H groups in total. The van der Waals surface area contributed by atoms with Gasteiger partial charge in [0, 0.05) is 25.3 Å².